The Kier molecular flexibility index (Phi) is 2.80. The summed E-state index contributed by atoms with van der Waals surface area (Å²) in [6.07, 6.45) is 0.288. The summed E-state index contributed by atoms with van der Waals surface area (Å²) >= 11 is 0. The predicted octanol–water partition coefficient (Wildman–Crippen LogP) is 1.41. The number of rotatable bonds is 3. The van der Waals surface area contributed by atoms with Gasteiger partial charge in [-0.25, -0.2) is 4.79 Å². The maximum atomic E-state index is 10.7. The minimum Gasteiger partial charge on any atom is -0.478 e. The van der Waals surface area contributed by atoms with Crippen molar-refractivity contribution in [3.8, 4) is 0 Å². The zero-order chi connectivity index (χ0) is 11.6. The molecule has 0 atom stereocenters. The van der Waals surface area contributed by atoms with Gasteiger partial charge in [-0.1, -0.05) is 0 Å². The van der Waals surface area contributed by atoms with E-state index in [9.17, 15) is 19.7 Å². The maximum absolute atomic E-state index is 10.7. The molecule has 0 amide bonds. The minimum atomic E-state index is -1.28. The van der Waals surface area contributed by atoms with E-state index in [1.54, 1.807) is 0 Å². The quantitative estimate of drug-likeness (QED) is 0.461. The summed E-state index contributed by atoms with van der Waals surface area (Å²) in [5.74, 6) is -1.28. The number of benzene rings is 1. The summed E-state index contributed by atoms with van der Waals surface area (Å²) in [6.45, 7) is 1.42. The average molecular weight is 209 g/mol. The molecule has 0 fully saturated rings. The molecule has 6 nitrogen and oxygen atoms in total. The Labute approximate surface area is 84.3 Å². The van der Waals surface area contributed by atoms with E-state index < -0.39 is 10.9 Å². The third-order valence-corrected chi connectivity index (χ3v) is 1.92. The van der Waals surface area contributed by atoms with Crippen molar-refractivity contribution in [1.29, 1.82) is 0 Å². The van der Waals surface area contributed by atoms with E-state index in [0.717, 1.165) is 12.1 Å². The number of nitro benzene ring substituents is 1. The first-order valence-corrected chi connectivity index (χ1v) is 3.95. The molecule has 1 aromatic carbocycles. The van der Waals surface area contributed by atoms with Crippen LogP contribution in [0.2, 0.25) is 0 Å². The van der Waals surface area contributed by atoms with Crippen LogP contribution in [-0.4, -0.2) is 22.3 Å². The molecule has 0 aromatic heterocycles. The van der Waals surface area contributed by atoms with E-state index in [-0.39, 0.29) is 28.7 Å². The van der Waals surface area contributed by atoms with Crippen molar-refractivity contribution in [3.63, 3.8) is 0 Å². The fourth-order valence-electron chi connectivity index (χ4n) is 1.19. The van der Waals surface area contributed by atoms with E-state index in [2.05, 4.69) is 0 Å². The van der Waals surface area contributed by atoms with Crippen LogP contribution in [0.3, 0.4) is 0 Å². The van der Waals surface area contributed by atoms with Gasteiger partial charge in [0.1, 0.15) is 0 Å². The third kappa shape index (κ3) is 1.98. The third-order valence-electron chi connectivity index (χ3n) is 1.92. The van der Waals surface area contributed by atoms with E-state index in [1.807, 2.05) is 0 Å². The van der Waals surface area contributed by atoms with Crippen LogP contribution in [0.1, 0.15) is 26.3 Å². The number of carbonyl (C=O) groups excluding carboxylic acids is 1. The van der Waals surface area contributed by atoms with Crippen molar-refractivity contribution in [1.82, 2.24) is 0 Å². The molecule has 0 saturated heterocycles. The average Bonchev–Trinajstić information content (AvgIpc) is 2.16. The molecule has 0 saturated carbocycles. The zero-order valence-corrected chi connectivity index (χ0v) is 7.76. The van der Waals surface area contributed by atoms with E-state index in [4.69, 9.17) is 5.11 Å². The molecule has 15 heavy (non-hydrogen) atoms. The number of aromatic carboxylic acids is 1. The van der Waals surface area contributed by atoms with Crippen LogP contribution in [0.15, 0.2) is 12.1 Å². The van der Waals surface area contributed by atoms with Gasteiger partial charge in [-0.2, -0.15) is 0 Å². The Morgan fingerprint density at radius 2 is 2.13 bits per heavy atom. The number of nitro groups is 1. The van der Waals surface area contributed by atoms with Gasteiger partial charge in [0.15, 0.2) is 6.29 Å². The van der Waals surface area contributed by atoms with Crippen molar-refractivity contribution >= 4 is 17.9 Å². The molecule has 1 rings (SSSR count). The number of hydrogen-bond donors (Lipinski definition) is 1. The first-order valence-electron chi connectivity index (χ1n) is 3.95. The van der Waals surface area contributed by atoms with Crippen molar-refractivity contribution in [3.05, 3.63) is 38.9 Å². The summed E-state index contributed by atoms with van der Waals surface area (Å²) < 4.78 is 0. The number of nitrogens with zero attached hydrogens (tertiary/aromatic N) is 1. The van der Waals surface area contributed by atoms with Gasteiger partial charge in [0, 0.05) is 17.2 Å². The summed E-state index contributed by atoms with van der Waals surface area (Å²) in [7, 11) is 0. The van der Waals surface area contributed by atoms with Crippen LogP contribution < -0.4 is 0 Å². The molecule has 0 aliphatic rings. The van der Waals surface area contributed by atoms with Crippen molar-refractivity contribution in [2.75, 3.05) is 0 Å². The van der Waals surface area contributed by atoms with Gasteiger partial charge in [0.2, 0.25) is 0 Å². The molecular formula is C9H7NO5. The Bertz CT molecular complexity index is 452. The second-order valence-electron chi connectivity index (χ2n) is 2.91. The highest BCUT2D eigenvalue weighted by Gasteiger charge is 2.18. The molecule has 78 valence electrons. The molecule has 0 aliphatic heterocycles. The molecule has 6 heteroatoms. The molecular weight excluding hydrogens is 202 g/mol. The fourth-order valence-corrected chi connectivity index (χ4v) is 1.19. The standard InChI is InChI=1S/C9H7NO5/c1-5-2-7(9(12)13)6(4-11)3-8(5)10(14)15/h2-4H,1H3,(H,12,13). The highest BCUT2D eigenvalue weighted by molar-refractivity contribution is 5.98. The summed E-state index contributed by atoms with van der Waals surface area (Å²) in [6, 6.07) is 2.08. The molecule has 0 spiro atoms. The topological polar surface area (TPSA) is 97.5 Å². The molecule has 0 bridgehead atoms. The van der Waals surface area contributed by atoms with Gasteiger partial charge in [0.05, 0.1) is 10.5 Å². The van der Waals surface area contributed by atoms with Gasteiger partial charge in [-0.3, -0.25) is 14.9 Å². The number of carboxylic acids is 1. The first-order chi connectivity index (χ1) is 6.97. The lowest BCUT2D eigenvalue weighted by molar-refractivity contribution is -0.385. The Balaban J connectivity index is 3.48. The minimum absolute atomic E-state index is 0.195. The van der Waals surface area contributed by atoms with Crippen LogP contribution in [0.5, 0.6) is 0 Å². The van der Waals surface area contributed by atoms with E-state index in [0.29, 0.717) is 0 Å². The van der Waals surface area contributed by atoms with Gasteiger partial charge in [0.25, 0.3) is 5.69 Å². The summed E-state index contributed by atoms with van der Waals surface area (Å²) in [5, 5.41) is 19.2. The molecule has 1 aromatic rings. The van der Waals surface area contributed by atoms with Crippen LogP contribution in [0.25, 0.3) is 0 Å². The van der Waals surface area contributed by atoms with Crippen molar-refractivity contribution < 1.29 is 19.6 Å². The second-order valence-corrected chi connectivity index (χ2v) is 2.91. The molecule has 0 unspecified atom stereocenters. The maximum Gasteiger partial charge on any atom is 0.336 e. The lowest BCUT2D eigenvalue weighted by Crippen LogP contribution is -2.04. The number of carboxylic acid groups (broad SMARTS) is 1. The second kappa shape index (κ2) is 3.87. The smallest absolute Gasteiger partial charge is 0.336 e. The summed E-state index contributed by atoms with van der Waals surface area (Å²) in [4.78, 5) is 31.1. The fraction of sp³-hybridized carbons (Fsp3) is 0.111. The Morgan fingerprint density at radius 3 is 2.53 bits per heavy atom. The summed E-state index contributed by atoms with van der Waals surface area (Å²) in [5.41, 5.74) is -0.474. The van der Waals surface area contributed by atoms with Gasteiger partial charge in [-0.05, 0) is 13.0 Å². The number of hydrogen-bond acceptors (Lipinski definition) is 4. The van der Waals surface area contributed by atoms with Crippen molar-refractivity contribution in [2.24, 2.45) is 0 Å². The van der Waals surface area contributed by atoms with Gasteiger partial charge >= 0.3 is 5.97 Å². The number of aldehydes is 1. The number of aryl methyl sites for hydroxylation is 1. The van der Waals surface area contributed by atoms with Crippen LogP contribution in [0, 0.1) is 17.0 Å². The number of carbonyl (C=O) groups is 2. The molecule has 0 heterocycles. The van der Waals surface area contributed by atoms with Gasteiger partial charge < -0.3 is 5.11 Å². The Hall–Kier alpha value is -2.24. The highest BCUT2D eigenvalue weighted by Crippen LogP contribution is 2.22. The zero-order valence-electron chi connectivity index (χ0n) is 7.76. The SMILES string of the molecule is Cc1cc(C(=O)O)c(C=O)cc1[N+](=O)[O-]. The molecule has 0 aliphatic carbocycles. The van der Waals surface area contributed by atoms with Crippen LogP contribution in [-0.2, 0) is 0 Å². The van der Waals surface area contributed by atoms with E-state index in [1.165, 1.54) is 6.92 Å². The van der Waals surface area contributed by atoms with Crippen LogP contribution >= 0.6 is 0 Å². The lowest BCUT2D eigenvalue weighted by Gasteiger charge is -2.02. The molecule has 1 N–H and O–H groups in total. The normalized spacial score (nSPS) is 9.67. The monoisotopic (exact) mass is 209 g/mol. The largest absolute Gasteiger partial charge is 0.478 e. The molecule has 0 radical (unpaired) electrons. The van der Waals surface area contributed by atoms with Gasteiger partial charge in [-0.15, -0.1) is 0 Å². The predicted molar refractivity (Wildman–Crippen MR) is 50.2 cm³/mol. The highest BCUT2D eigenvalue weighted by atomic mass is 16.6. The lowest BCUT2D eigenvalue weighted by atomic mass is 10.0. The van der Waals surface area contributed by atoms with Crippen molar-refractivity contribution in [2.45, 2.75) is 6.92 Å². The van der Waals surface area contributed by atoms with Crippen LogP contribution in [0.4, 0.5) is 5.69 Å². The first kappa shape index (κ1) is 10.8. The Morgan fingerprint density at radius 1 is 1.53 bits per heavy atom. The van der Waals surface area contributed by atoms with E-state index >= 15 is 0 Å².